The summed E-state index contributed by atoms with van der Waals surface area (Å²) in [5.74, 6) is -1.60. The first-order valence-electron chi connectivity index (χ1n) is 3.21. The Bertz CT molecular complexity index is 134. The molecule has 0 aromatic rings. The fourth-order valence-electron chi connectivity index (χ4n) is 1.09. The third kappa shape index (κ3) is 1.03. The molecule has 0 saturated carbocycles. The number of ether oxygens (including phenoxy) is 1. The van der Waals surface area contributed by atoms with E-state index in [2.05, 4.69) is 0 Å². The van der Waals surface area contributed by atoms with E-state index in [1.165, 1.54) is 6.92 Å². The molecule has 0 radical (unpaired) electrons. The van der Waals surface area contributed by atoms with Gasteiger partial charge in [0.25, 0.3) is 0 Å². The van der Waals surface area contributed by atoms with E-state index < -0.39 is 24.1 Å². The third-order valence-electron chi connectivity index (χ3n) is 1.78. The maximum atomic E-state index is 9.17. The van der Waals surface area contributed by atoms with Gasteiger partial charge in [-0.3, -0.25) is 0 Å². The van der Waals surface area contributed by atoms with Crippen molar-refractivity contribution in [2.75, 3.05) is 0 Å². The lowest BCUT2D eigenvalue weighted by Crippen LogP contribution is -2.40. The Kier molecular flexibility index (Phi) is 1.72. The Labute approximate surface area is 59.1 Å². The molecule has 0 aromatic heterocycles. The summed E-state index contributed by atoms with van der Waals surface area (Å²) in [5, 5.41) is 27.3. The van der Waals surface area contributed by atoms with Gasteiger partial charge < -0.3 is 20.1 Å². The molecule has 0 aliphatic carbocycles. The van der Waals surface area contributed by atoms with Crippen molar-refractivity contribution in [2.45, 2.75) is 37.9 Å². The number of hydrogen-bond donors (Lipinski definition) is 3. The van der Waals surface area contributed by atoms with Crippen LogP contribution in [0.15, 0.2) is 0 Å². The smallest absolute Gasteiger partial charge is 0.192 e. The molecule has 0 amide bonds. The van der Waals surface area contributed by atoms with Gasteiger partial charge in [0.05, 0.1) is 6.10 Å². The lowest BCUT2D eigenvalue weighted by atomic mass is 10.1. The highest BCUT2D eigenvalue weighted by atomic mass is 16.7. The van der Waals surface area contributed by atoms with Crippen LogP contribution in [0.2, 0.25) is 0 Å². The maximum absolute atomic E-state index is 9.17. The van der Waals surface area contributed by atoms with E-state index in [9.17, 15) is 5.11 Å². The Morgan fingerprint density at radius 2 is 1.90 bits per heavy atom. The molecule has 0 bridgehead atoms. The predicted octanol–water partition coefficient (Wildman–Crippen LogP) is -1.16. The summed E-state index contributed by atoms with van der Waals surface area (Å²) in [6, 6.07) is 0. The normalized spacial score (nSPS) is 55.5. The molecule has 4 nitrogen and oxygen atoms in total. The highest BCUT2D eigenvalue weighted by Crippen LogP contribution is 2.27. The van der Waals surface area contributed by atoms with E-state index in [-0.39, 0.29) is 0 Å². The van der Waals surface area contributed by atoms with E-state index in [1.54, 1.807) is 6.92 Å². The molecule has 60 valence electrons. The zero-order valence-electron chi connectivity index (χ0n) is 5.98. The van der Waals surface area contributed by atoms with Crippen LogP contribution in [0.3, 0.4) is 0 Å². The van der Waals surface area contributed by atoms with Gasteiger partial charge in [0.1, 0.15) is 12.2 Å². The third-order valence-corrected chi connectivity index (χ3v) is 1.78. The van der Waals surface area contributed by atoms with Crippen LogP contribution in [0.1, 0.15) is 13.8 Å². The Balaban J connectivity index is 2.71. The van der Waals surface area contributed by atoms with Crippen LogP contribution in [0.4, 0.5) is 0 Å². The van der Waals surface area contributed by atoms with Gasteiger partial charge >= 0.3 is 0 Å². The second kappa shape index (κ2) is 2.17. The van der Waals surface area contributed by atoms with E-state index in [0.29, 0.717) is 0 Å². The first-order chi connectivity index (χ1) is 4.45. The Hall–Kier alpha value is -0.160. The topological polar surface area (TPSA) is 69.9 Å². The Morgan fingerprint density at radius 3 is 2.00 bits per heavy atom. The SMILES string of the molecule is C[C@H]1O[C@](C)(O)C(O)C1O. The summed E-state index contributed by atoms with van der Waals surface area (Å²) >= 11 is 0. The van der Waals surface area contributed by atoms with Crippen molar-refractivity contribution in [1.82, 2.24) is 0 Å². The summed E-state index contributed by atoms with van der Waals surface area (Å²) in [6.07, 6.45) is -2.71. The zero-order valence-corrected chi connectivity index (χ0v) is 5.98. The van der Waals surface area contributed by atoms with Crippen molar-refractivity contribution < 1.29 is 20.1 Å². The lowest BCUT2D eigenvalue weighted by molar-refractivity contribution is -0.212. The molecular formula is C6H12O4. The van der Waals surface area contributed by atoms with Crippen molar-refractivity contribution in [1.29, 1.82) is 0 Å². The molecule has 1 aliphatic heterocycles. The van der Waals surface area contributed by atoms with Gasteiger partial charge in [-0.25, -0.2) is 0 Å². The summed E-state index contributed by atoms with van der Waals surface area (Å²) in [7, 11) is 0. The molecule has 1 saturated heterocycles. The molecule has 4 heteroatoms. The van der Waals surface area contributed by atoms with Crippen molar-refractivity contribution in [2.24, 2.45) is 0 Å². The Morgan fingerprint density at radius 1 is 1.40 bits per heavy atom. The minimum atomic E-state index is -1.60. The number of hydrogen-bond acceptors (Lipinski definition) is 4. The monoisotopic (exact) mass is 148 g/mol. The molecule has 3 N–H and O–H groups in total. The molecule has 1 fully saturated rings. The minimum absolute atomic E-state index is 0.509. The fraction of sp³-hybridized carbons (Fsp3) is 1.00. The fourth-order valence-corrected chi connectivity index (χ4v) is 1.09. The highest BCUT2D eigenvalue weighted by Gasteiger charge is 2.48. The molecule has 10 heavy (non-hydrogen) atoms. The van der Waals surface area contributed by atoms with Gasteiger partial charge in [0.15, 0.2) is 5.79 Å². The second-order valence-electron chi connectivity index (χ2n) is 2.81. The van der Waals surface area contributed by atoms with Crippen LogP contribution in [0.25, 0.3) is 0 Å². The predicted molar refractivity (Wildman–Crippen MR) is 33.2 cm³/mol. The van der Waals surface area contributed by atoms with Crippen molar-refractivity contribution in [3.8, 4) is 0 Å². The summed E-state index contributed by atoms with van der Waals surface area (Å²) in [5.41, 5.74) is 0. The number of aliphatic hydroxyl groups excluding tert-OH is 2. The largest absolute Gasteiger partial charge is 0.387 e. The summed E-state index contributed by atoms with van der Waals surface area (Å²) in [4.78, 5) is 0. The standard InChI is InChI=1S/C6H12O4/c1-3-4(7)5(8)6(2,9)10-3/h3-5,7-9H,1-2H3/t3-,4?,5?,6+/m1/s1. The number of aliphatic hydroxyl groups is 3. The molecule has 1 rings (SSSR count). The van der Waals surface area contributed by atoms with Crippen molar-refractivity contribution >= 4 is 0 Å². The zero-order chi connectivity index (χ0) is 7.94. The highest BCUT2D eigenvalue weighted by molar-refractivity contribution is 4.90. The van der Waals surface area contributed by atoms with Crippen LogP contribution in [-0.2, 0) is 4.74 Å². The van der Waals surface area contributed by atoms with Crippen LogP contribution < -0.4 is 0 Å². The molecule has 2 unspecified atom stereocenters. The van der Waals surface area contributed by atoms with Crippen LogP contribution >= 0.6 is 0 Å². The first-order valence-corrected chi connectivity index (χ1v) is 3.21. The second-order valence-corrected chi connectivity index (χ2v) is 2.81. The van der Waals surface area contributed by atoms with Crippen LogP contribution in [0.5, 0.6) is 0 Å². The van der Waals surface area contributed by atoms with Crippen molar-refractivity contribution in [3.05, 3.63) is 0 Å². The van der Waals surface area contributed by atoms with E-state index >= 15 is 0 Å². The molecule has 0 spiro atoms. The van der Waals surface area contributed by atoms with Crippen molar-refractivity contribution in [3.63, 3.8) is 0 Å². The summed E-state index contributed by atoms with van der Waals surface area (Å²) < 4.78 is 4.83. The average Bonchev–Trinajstić information content (AvgIpc) is 1.95. The van der Waals surface area contributed by atoms with Gasteiger partial charge in [-0.15, -0.1) is 0 Å². The van der Waals surface area contributed by atoms with Gasteiger partial charge in [0.2, 0.25) is 0 Å². The first kappa shape index (κ1) is 7.94. The summed E-state index contributed by atoms with van der Waals surface area (Å²) in [6.45, 7) is 2.92. The molecule has 1 heterocycles. The quantitative estimate of drug-likeness (QED) is 0.405. The average molecular weight is 148 g/mol. The molecule has 4 atom stereocenters. The maximum Gasteiger partial charge on any atom is 0.192 e. The van der Waals surface area contributed by atoms with Gasteiger partial charge in [-0.05, 0) is 13.8 Å². The van der Waals surface area contributed by atoms with E-state index in [4.69, 9.17) is 14.9 Å². The van der Waals surface area contributed by atoms with Crippen LogP contribution in [-0.4, -0.2) is 39.4 Å². The van der Waals surface area contributed by atoms with Gasteiger partial charge in [-0.1, -0.05) is 0 Å². The molecule has 1 aliphatic rings. The van der Waals surface area contributed by atoms with E-state index in [0.717, 1.165) is 0 Å². The molecular weight excluding hydrogens is 136 g/mol. The molecule has 0 aromatic carbocycles. The van der Waals surface area contributed by atoms with Crippen LogP contribution in [0, 0.1) is 0 Å². The van der Waals surface area contributed by atoms with Gasteiger partial charge in [0, 0.05) is 0 Å². The number of rotatable bonds is 0. The van der Waals surface area contributed by atoms with E-state index in [1.807, 2.05) is 0 Å². The lowest BCUT2D eigenvalue weighted by Gasteiger charge is -2.19. The van der Waals surface area contributed by atoms with Gasteiger partial charge in [-0.2, -0.15) is 0 Å². The minimum Gasteiger partial charge on any atom is -0.387 e.